The number of hydrogen-bond donors (Lipinski definition) is 2. The van der Waals surface area contributed by atoms with E-state index in [1.165, 1.54) is 38.4 Å². The Bertz CT molecular complexity index is 558. The van der Waals surface area contributed by atoms with Crippen LogP contribution in [-0.4, -0.2) is 39.3 Å². The summed E-state index contributed by atoms with van der Waals surface area (Å²) in [5.74, 6) is -1.69. The molecule has 0 fully saturated rings. The van der Waals surface area contributed by atoms with Gasteiger partial charge in [-0.15, -0.1) is 0 Å². The zero-order valence-corrected chi connectivity index (χ0v) is 12.2. The Morgan fingerprint density at radius 3 is 2.35 bits per heavy atom. The summed E-state index contributed by atoms with van der Waals surface area (Å²) in [6.45, 7) is -0.104. The molecular weight excluding hydrogens is 285 g/mol. The van der Waals surface area contributed by atoms with Gasteiger partial charge in [-0.3, -0.25) is 4.79 Å². The van der Waals surface area contributed by atoms with Crippen LogP contribution in [0.15, 0.2) is 24.3 Å². The lowest BCUT2D eigenvalue weighted by atomic mass is 9.99. The molecule has 0 saturated carbocycles. The highest BCUT2D eigenvalue weighted by molar-refractivity contribution is 7.87. The molecule has 0 aliphatic rings. The van der Waals surface area contributed by atoms with Crippen LogP contribution in [0.5, 0.6) is 0 Å². The Morgan fingerprint density at radius 2 is 1.90 bits per heavy atom. The van der Waals surface area contributed by atoms with Gasteiger partial charge < -0.3 is 5.73 Å². The van der Waals surface area contributed by atoms with Crippen molar-refractivity contribution in [2.45, 2.75) is 6.42 Å². The predicted octanol–water partition coefficient (Wildman–Crippen LogP) is -0.134. The number of nitrogens with one attached hydrogen (secondary N) is 1. The number of amides is 1. The SMILES string of the molecule is CN(C)S(=O)(=O)NC[C@H](Cc1ccc(F)cc1)C(N)=O. The summed E-state index contributed by atoms with van der Waals surface area (Å²) < 4.78 is 39.2. The van der Waals surface area contributed by atoms with Crippen LogP contribution in [0.4, 0.5) is 4.39 Å². The first-order chi connectivity index (χ1) is 9.22. The number of rotatable bonds is 7. The van der Waals surface area contributed by atoms with Gasteiger partial charge in [0.15, 0.2) is 0 Å². The first-order valence-electron chi connectivity index (χ1n) is 5.93. The first-order valence-corrected chi connectivity index (χ1v) is 7.37. The molecule has 1 aromatic rings. The van der Waals surface area contributed by atoms with Gasteiger partial charge in [-0.25, -0.2) is 9.11 Å². The van der Waals surface area contributed by atoms with E-state index in [2.05, 4.69) is 4.72 Å². The van der Waals surface area contributed by atoms with E-state index in [1.807, 2.05) is 0 Å². The van der Waals surface area contributed by atoms with Crippen LogP contribution in [0.3, 0.4) is 0 Å². The average Bonchev–Trinajstić information content (AvgIpc) is 2.36. The van der Waals surface area contributed by atoms with Crippen molar-refractivity contribution in [2.75, 3.05) is 20.6 Å². The number of primary amides is 1. The van der Waals surface area contributed by atoms with Gasteiger partial charge in [0.1, 0.15) is 5.82 Å². The summed E-state index contributed by atoms with van der Waals surface area (Å²) in [6, 6.07) is 5.62. The van der Waals surface area contributed by atoms with Gasteiger partial charge in [-0.2, -0.15) is 12.7 Å². The van der Waals surface area contributed by atoms with Crippen molar-refractivity contribution in [1.82, 2.24) is 9.03 Å². The molecule has 0 radical (unpaired) electrons. The van der Waals surface area contributed by atoms with E-state index in [4.69, 9.17) is 5.73 Å². The molecular formula is C12H18FN3O3S. The normalized spacial score (nSPS) is 13.4. The molecule has 0 heterocycles. The van der Waals surface area contributed by atoms with Crippen molar-refractivity contribution < 1.29 is 17.6 Å². The molecule has 0 unspecified atom stereocenters. The van der Waals surface area contributed by atoms with Crippen molar-refractivity contribution in [3.8, 4) is 0 Å². The highest BCUT2D eigenvalue weighted by atomic mass is 32.2. The third-order valence-electron chi connectivity index (χ3n) is 2.79. The van der Waals surface area contributed by atoms with E-state index in [0.717, 1.165) is 4.31 Å². The van der Waals surface area contributed by atoms with Crippen molar-refractivity contribution >= 4 is 16.1 Å². The van der Waals surface area contributed by atoms with E-state index < -0.39 is 22.0 Å². The van der Waals surface area contributed by atoms with Crippen molar-refractivity contribution in [2.24, 2.45) is 11.7 Å². The zero-order valence-electron chi connectivity index (χ0n) is 11.3. The molecule has 1 amide bonds. The molecule has 1 rings (SSSR count). The molecule has 6 nitrogen and oxygen atoms in total. The van der Waals surface area contributed by atoms with Gasteiger partial charge >= 0.3 is 0 Å². The Balaban J connectivity index is 2.71. The van der Waals surface area contributed by atoms with Crippen LogP contribution in [-0.2, 0) is 21.4 Å². The quantitative estimate of drug-likeness (QED) is 0.734. The molecule has 0 bridgehead atoms. The smallest absolute Gasteiger partial charge is 0.278 e. The lowest BCUT2D eigenvalue weighted by molar-refractivity contribution is -0.121. The lowest BCUT2D eigenvalue weighted by Crippen LogP contribution is -2.42. The number of halogens is 1. The average molecular weight is 303 g/mol. The molecule has 0 aromatic heterocycles. The predicted molar refractivity (Wildman–Crippen MR) is 73.4 cm³/mol. The van der Waals surface area contributed by atoms with E-state index in [-0.39, 0.29) is 18.8 Å². The van der Waals surface area contributed by atoms with E-state index in [9.17, 15) is 17.6 Å². The van der Waals surface area contributed by atoms with E-state index >= 15 is 0 Å². The third kappa shape index (κ3) is 4.87. The van der Waals surface area contributed by atoms with E-state index in [0.29, 0.717) is 5.56 Å². The maximum Gasteiger partial charge on any atom is 0.278 e. The molecule has 1 aromatic carbocycles. The summed E-state index contributed by atoms with van der Waals surface area (Å²) >= 11 is 0. The van der Waals surface area contributed by atoms with Gasteiger partial charge in [0.05, 0.1) is 5.92 Å². The molecule has 3 N–H and O–H groups in total. The number of hydrogen-bond acceptors (Lipinski definition) is 3. The van der Waals surface area contributed by atoms with Crippen LogP contribution < -0.4 is 10.5 Å². The summed E-state index contributed by atoms with van der Waals surface area (Å²) in [6.07, 6.45) is 0.242. The third-order valence-corrected chi connectivity index (χ3v) is 4.28. The summed E-state index contributed by atoms with van der Waals surface area (Å²) in [5, 5.41) is 0. The van der Waals surface area contributed by atoms with Gasteiger partial charge in [0.2, 0.25) is 5.91 Å². The van der Waals surface area contributed by atoms with Crippen molar-refractivity contribution in [1.29, 1.82) is 0 Å². The highest BCUT2D eigenvalue weighted by Gasteiger charge is 2.20. The van der Waals surface area contributed by atoms with Crippen molar-refractivity contribution in [3.05, 3.63) is 35.6 Å². The zero-order chi connectivity index (χ0) is 15.3. The minimum Gasteiger partial charge on any atom is -0.369 e. The molecule has 1 atom stereocenters. The maximum atomic E-state index is 12.8. The summed E-state index contributed by atoms with van der Waals surface area (Å²) in [5.41, 5.74) is 5.97. The molecule has 8 heteroatoms. The number of benzene rings is 1. The minimum atomic E-state index is -3.61. The van der Waals surface area contributed by atoms with Crippen LogP contribution in [0.1, 0.15) is 5.56 Å². The second-order valence-electron chi connectivity index (χ2n) is 4.57. The Labute approximate surface area is 117 Å². The number of carbonyl (C=O) groups is 1. The molecule has 0 aliphatic carbocycles. The number of carbonyl (C=O) groups excluding carboxylic acids is 1. The Hall–Kier alpha value is -1.51. The van der Waals surface area contributed by atoms with Gasteiger partial charge in [-0.1, -0.05) is 12.1 Å². The Morgan fingerprint density at radius 1 is 1.35 bits per heavy atom. The second kappa shape index (κ2) is 6.78. The van der Waals surface area contributed by atoms with Gasteiger partial charge in [0, 0.05) is 20.6 Å². The number of nitrogens with two attached hydrogens (primary N) is 1. The largest absolute Gasteiger partial charge is 0.369 e. The molecule has 112 valence electrons. The number of nitrogens with zero attached hydrogens (tertiary/aromatic N) is 1. The van der Waals surface area contributed by atoms with Gasteiger partial charge in [0.25, 0.3) is 10.2 Å². The molecule has 0 spiro atoms. The minimum absolute atomic E-state index is 0.104. The van der Waals surface area contributed by atoms with E-state index in [1.54, 1.807) is 0 Å². The second-order valence-corrected chi connectivity index (χ2v) is 6.53. The maximum absolute atomic E-state index is 12.8. The fraction of sp³-hybridized carbons (Fsp3) is 0.417. The van der Waals surface area contributed by atoms with Crippen molar-refractivity contribution in [3.63, 3.8) is 0 Å². The monoisotopic (exact) mass is 303 g/mol. The Kier molecular flexibility index (Phi) is 5.61. The molecule has 0 saturated heterocycles. The highest BCUT2D eigenvalue weighted by Crippen LogP contribution is 2.10. The fourth-order valence-corrected chi connectivity index (χ4v) is 2.18. The van der Waals surface area contributed by atoms with Crippen LogP contribution in [0, 0.1) is 11.7 Å². The van der Waals surface area contributed by atoms with Crippen LogP contribution in [0.2, 0.25) is 0 Å². The van der Waals surface area contributed by atoms with Crippen LogP contribution >= 0.6 is 0 Å². The van der Waals surface area contributed by atoms with Crippen LogP contribution in [0.25, 0.3) is 0 Å². The molecule has 20 heavy (non-hydrogen) atoms. The van der Waals surface area contributed by atoms with Gasteiger partial charge in [-0.05, 0) is 24.1 Å². The topological polar surface area (TPSA) is 92.5 Å². The standard InChI is InChI=1S/C12H18FN3O3S/c1-16(2)20(18,19)15-8-10(12(14)17)7-9-3-5-11(13)6-4-9/h3-6,10,15H,7-8H2,1-2H3,(H2,14,17)/t10-/m0/s1. The fourth-order valence-electron chi connectivity index (χ4n) is 1.51. The molecule has 0 aliphatic heterocycles. The lowest BCUT2D eigenvalue weighted by Gasteiger charge is -2.17. The first kappa shape index (κ1) is 16.5. The summed E-state index contributed by atoms with van der Waals surface area (Å²) in [4.78, 5) is 11.4. The summed E-state index contributed by atoms with van der Waals surface area (Å²) in [7, 11) is -0.857.